The van der Waals surface area contributed by atoms with Crippen molar-refractivity contribution < 1.29 is 4.74 Å². The number of ether oxygens (including phenoxy) is 1. The Morgan fingerprint density at radius 3 is 2.86 bits per heavy atom. The van der Waals surface area contributed by atoms with Crippen molar-refractivity contribution >= 4 is 0 Å². The van der Waals surface area contributed by atoms with Gasteiger partial charge in [-0.05, 0) is 44.1 Å². The Morgan fingerprint density at radius 2 is 2.00 bits per heavy atom. The lowest BCUT2D eigenvalue weighted by atomic mass is 9.79. The first kappa shape index (κ1) is 9.17. The molecule has 3 atom stereocenters. The third-order valence-electron chi connectivity index (χ3n) is 4.18. The van der Waals surface area contributed by atoms with Crippen molar-refractivity contribution in [3.8, 4) is 0 Å². The van der Waals surface area contributed by atoms with Gasteiger partial charge in [-0.25, -0.2) is 0 Å². The van der Waals surface area contributed by atoms with Crippen LogP contribution in [0.3, 0.4) is 0 Å². The zero-order chi connectivity index (χ0) is 9.38. The predicted molar refractivity (Wildman–Crippen MR) is 56.2 cm³/mol. The van der Waals surface area contributed by atoms with E-state index in [0.29, 0.717) is 6.10 Å². The molecule has 2 heteroatoms. The Balaban J connectivity index is 1.54. The lowest BCUT2D eigenvalue weighted by Crippen LogP contribution is -2.34. The Hall–Kier alpha value is -0.0800. The second kappa shape index (κ2) is 3.82. The first-order chi connectivity index (χ1) is 6.93. The normalized spacial score (nSPS) is 42.4. The summed E-state index contributed by atoms with van der Waals surface area (Å²) in [5, 5.41) is 3.52. The summed E-state index contributed by atoms with van der Waals surface area (Å²) < 4.78 is 6.08. The largest absolute Gasteiger partial charge is 0.378 e. The fourth-order valence-corrected chi connectivity index (χ4v) is 3.05. The molecule has 3 rings (SSSR count). The number of hydrogen-bond donors (Lipinski definition) is 1. The quantitative estimate of drug-likeness (QED) is 0.741. The van der Waals surface area contributed by atoms with Crippen molar-refractivity contribution in [2.24, 2.45) is 17.8 Å². The average Bonchev–Trinajstić information content (AvgIpc) is 2.91. The Morgan fingerprint density at radius 1 is 1.07 bits per heavy atom. The molecule has 2 saturated carbocycles. The van der Waals surface area contributed by atoms with Crippen LogP contribution in [0.25, 0.3) is 0 Å². The van der Waals surface area contributed by atoms with E-state index < -0.39 is 0 Å². The Bertz CT molecular complexity index is 202. The molecule has 80 valence electrons. The van der Waals surface area contributed by atoms with E-state index in [1.54, 1.807) is 0 Å². The third kappa shape index (κ3) is 1.82. The van der Waals surface area contributed by atoms with Crippen LogP contribution < -0.4 is 5.32 Å². The van der Waals surface area contributed by atoms with Crippen LogP contribution in [0.5, 0.6) is 0 Å². The summed E-state index contributed by atoms with van der Waals surface area (Å²) in [5.41, 5.74) is 0. The van der Waals surface area contributed by atoms with Crippen LogP contribution in [-0.4, -0.2) is 25.8 Å². The van der Waals surface area contributed by atoms with Gasteiger partial charge in [0.1, 0.15) is 0 Å². The molecule has 0 aromatic carbocycles. The maximum Gasteiger partial charge on any atom is 0.0618 e. The fourth-order valence-electron chi connectivity index (χ4n) is 3.05. The zero-order valence-electron chi connectivity index (χ0n) is 8.87. The molecule has 0 aromatic heterocycles. The lowest BCUT2D eigenvalue weighted by Gasteiger charge is -2.33. The summed E-state index contributed by atoms with van der Waals surface area (Å²) in [5.74, 6) is 2.68. The highest BCUT2D eigenvalue weighted by atomic mass is 16.5. The second-order valence-electron chi connectivity index (χ2n) is 5.33. The smallest absolute Gasteiger partial charge is 0.0618 e. The van der Waals surface area contributed by atoms with E-state index in [9.17, 15) is 0 Å². The Labute approximate surface area is 86.4 Å². The van der Waals surface area contributed by atoms with Crippen LogP contribution in [-0.2, 0) is 4.74 Å². The van der Waals surface area contributed by atoms with Crippen LogP contribution in [0.2, 0.25) is 0 Å². The van der Waals surface area contributed by atoms with E-state index in [-0.39, 0.29) is 0 Å². The van der Waals surface area contributed by atoms with Crippen LogP contribution in [0, 0.1) is 17.8 Å². The van der Waals surface area contributed by atoms with Gasteiger partial charge in [-0.15, -0.1) is 0 Å². The van der Waals surface area contributed by atoms with E-state index in [1.165, 1.54) is 45.2 Å². The summed E-state index contributed by atoms with van der Waals surface area (Å²) in [7, 11) is 0. The maximum atomic E-state index is 6.08. The average molecular weight is 195 g/mol. The molecule has 3 aliphatic rings. The molecule has 1 heterocycles. The number of rotatable bonds is 3. The van der Waals surface area contributed by atoms with Crippen molar-refractivity contribution in [2.75, 3.05) is 19.7 Å². The van der Waals surface area contributed by atoms with Crippen LogP contribution in [0.4, 0.5) is 0 Å². The molecule has 3 fully saturated rings. The van der Waals surface area contributed by atoms with E-state index in [2.05, 4.69) is 5.32 Å². The summed E-state index contributed by atoms with van der Waals surface area (Å²) in [4.78, 5) is 0. The van der Waals surface area contributed by atoms with Crippen LogP contribution >= 0.6 is 0 Å². The van der Waals surface area contributed by atoms with Gasteiger partial charge in [0.05, 0.1) is 6.10 Å². The van der Waals surface area contributed by atoms with E-state index in [1.807, 2.05) is 0 Å². The minimum Gasteiger partial charge on any atom is -0.378 e. The second-order valence-corrected chi connectivity index (χ2v) is 5.33. The maximum absolute atomic E-state index is 6.08. The molecule has 14 heavy (non-hydrogen) atoms. The zero-order valence-corrected chi connectivity index (χ0v) is 8.87. The molecule has 1 aliphatic heterocycles. The number of fused-ring (bicyclic) bond motifs is 1. The molecule has 0 aromatic rings. The molecule has 1 saturated heterocycles. The molecule has 2 nitrogen and oxygen atoms in total. The highest BCUT2D eigenvalue weighted by Crippen LogP contribution is 2.36. The SMILES string of the molecule is C1C[C@@H]2CNC[C@@H]2[C@@H](OCC2CC2)C1. The van der Waals surface area contributed by atoms with Crippen molar-refractivity contribution in [2.45, 2.75) is 38.2 Å². The van der Waals surface area contributed by atoms with Gasteiger partial charge in [-0.3, -0.25) is 0 Å². The van der Waals surface area contributed by atoms with Gasteiger partial charge in [0.15, 0.2) is 0 Å². The van der Waals surface area contributed by atoms with Gasteiger partial charge in [0.25, 0.3) is 0 Å². The molecule has 0 bridgehead atoms. The summed E-state index contributed by atoms with van der Waals surface area (Å²) in [6, 6.07) is 0. The van der Waals surface area contributed by atoms with Crippen LogP contribution in [0.15, 0.2) is 0 Å². The minimum atomic E-state index is 0.587. The molecule has 0 amide bonds. The van der Waals surface area contributed by atoms with E-state index in [0.717, 1.165) is 24.4 Å². The van der Waals surface area contributed by atoms with Gasteiger partial charge in [0, 0.05) is 19.1 Å². The van der Waals surface area contributed by atoms with Crippen molar-refractivity contribution in [1.82, 2.24) is 5.32 Å². The Kier molecular flexibility index (Phi) is 2.50. The molecule has 0 spiro atoms. The van der Waals surface area contributed by atoms with Gasteiger partial charge in [-0.1, -0.05) is 6.42 Å². The standard InChI is InChI=1S/C12H21NO/c1-2-10-6-13-7-11(10)12(3-1)14-8-9-4-5-9/h9-13H,1-8H2/t10-,11+,12+/m1/s1. The molecule has 0 unspecified atom stereocenters. The molecule has 0 radical (unpaired) electrons. The van der Waals surface area contributed by atoms with Crippen molar-refractivity contribution in [1.29, 1.82) is 0 Å². The van der Waals surface area contributed by atoms with Crippen molar-refractivity contribution in [3.05, 3.63) is 0 Å². The van der Waals surface area contributed by atoms with Gasteiger partial charge in [-0.2, -0.15) is 0 Å². The number of hydrogen-bond acceptors (Lipinski definition) is 2. The summed E-state index contributed by atoms with van der Waals surface area (Å²) in [6.45, 7) is 3.50. The van der Waals surface area contributed by atoms with E-state index in [4.69, 9.17) is 4.74 Å². The topological polar surface area (TPSA) is 21.3 Å². The highest BCUT2D eigenvalue weighted by molar-refractivity contribution is 4.90. The first-order valence-corrected chi connectivity index (χ1v) is 6.26. The van der Waals surface area contributed by atoms with Gasteiger partial charge < -0.3 is 10.1 Å². The summed E-state index contributed by atoms with van der Waals surface area (Å²) >= 11 is 0. The monoisotopic (exact) mass is 195 g/mol. The van der Waals surface area contributed by atoms with Crippen molar-refractivity contribution in [3.63, 3.8) is 0 Å². The molecule has 2 aliphatic carbocycles. The highest BCUT2D eigenvalue weighted by Gasteiger charge is 2.37. The molecule has 1 N–H and O–H groups in total. The minimum absolute atomic E-state index is 0.587. The fraction of sp³-hybridized carbons (Fsp3) is 1.00. The first-order valence-electron chi connectivity index (χ1n) is 6.26. The van der Waals surface area contributed by atoms with Crippen LogP contribution in [0.1, 0.15) is 32.1 Å². The summed E-state index contributed by atoms with van der Waals surface area (Å²) in [6.07, 6.45) is 7.55. The molecular formula is C12H21NO. The lowest BCUT2D eigenvalue weighted by molar-refractivity contribution is -0.0232. The molecular weight excluding hydrogens is 174 g/mol. The van der Waals surface area contributed by atoms with Gasteiger partial charge in [0.2, 0.25) is 0 Å². The third-order valence-corrected chi connectivity index (χ3v) is 4.18. The predicted octanol–water partition coefficient (Wildman–Crippen LogP) is 1.80. The van der Waals surface area contributed by atoms with Gasteiger partial charge >= 0.3 is 0 Å². The van der Waals surface area contributed by atoms with E-state index >= 15 is 0 Å². The number of nitrogens with one attached hydrogen (secondary N) is 1.